The average molecular weight is 242 g/mol. The molecule has 0 aliphatic rings. The minimum Gasteiger partial charge on any atom is -0.545 e. The number of hydrogen-bond acceptors (Lipinski definition) is 3. The molecule has 0 aromatic carbocycles. The number of carbonyl (C=O) groups excluding carboxylic acids is 1. The number of rotatable bonds is 7. The highest BCUT2D eigenvalue weighted by atomic mass is 28.4. The van der Waals surface area contributed by atoms with E-state index in [1.54, 1.807) is 0 Å². The Bertz CT molecular complexity index is 264. The van der Waals surface area contributed by atoms with Gasteiger partial charge in [-0.25, -0.2) is 0 Å². The molecule has 0 aliphatic carbocycles. The highest BCUT2D eigenvalue weighted by Crippen LogP contribution is 2.12. The lowest BCUT2D eigenvalue weighted by molar-refractivity contribution is -0.132. The van der Waals surface area contributed by atoms with E-state index in [0.29, 0.717) is 12.9 Å². The van der Waals surface area contributed by atoms with Gasteiger partial charge in [0.05, 0.1) is 5.76 Å². The maximum atomic E-state index is 10.1. The third kappa shape index (κ3) is 8.29. The predicted octanol–water partition coefficient (Wildman–Crippen LogP) is 3.25. The van der Waals surface area contributed by atoms with Gasteiger partial charge in [-0.2, -0.15) is 0 Å². The van der Waals surface area contributed by atoms with E-state index >= 15 is 0 Å². The highest BCUT2D eigenvalue weighted by Gasteiger charge is 2.15. The molecule has 0 radical (unpaired) electrons. The molecular formula is C12H22O3Si. The molecule has 16 heavy (non-hydrogen) atoms. The predicted molar refractivity (Wildman–Crippen MR) is 68.6 cm³/mol. The monoisotopic (exact) mass is 242 g/mol. The highest BCUT2D eigenvalue weighted by molar-refractivity contribution is 6.70. The molecule has 0 bridgehead atoms. The average Bonchev–Trinajstić information content (AvgIpc) is 2.14. The van der Waals surface area contributed by atoms with Gasteiger partial charge in [0.1, 0.15) is 6.10 Å². The fourth-order valence-corrected chi connectivity index (χ4v) is 1.96. The lowest BCUT2D eigenvalue weighted by Crippen LogP contribution is -2.24. The van der Waals surface area contributed by atoms with E-state index in [9.17, 15) is 4.79 Å². The van der Waals surface area contributed by atoms with Crippen LogP contribution in [0.25, 0.3) is 0 Å². The number of allylic oxidation sites excluding steroid dienone is 2. The molecule has 0 aliphatic heterocycles. The Balaban J connectivity index is 4.14. The third-order valence-electron chi connectivity index (χ3n) is 1.75. The zero-order valence-electron chi connectivity index (χ0n) is 10.8. The van der Waals surface area contributed by atoms with Crippen molar-refractivity contribution in [1.82, 2.24) is 0 Å². The fourth-order valence-electron chi connectivity index (χ4n) is 1.07. The summed E-state index contributed by atoms with van der Waals surface area (Å²) < 4.78 is 10.6. The van der Waals surface area contributed by atoms with Gasteiger partial charge in [-0.3, -0.25) is 4.79 Å². The van der Waals surface area contributed by atoms with E-state index < -0.39 is 8.32 Å². The summed E-state index contributed by atoms with van der Waals surface area (Å²) in [6, 6.07) is 0. The molecule has 0 aromatic heterocycles. The first-order chi connectivity index (χ1) is 7.39. The van der Waals surface area contributed by atoms with Crippen LogP contribution in [0, 0.1) is 0 Å². The van der Waals surface area contributed by atoms with Crippen molar-refractivity contribution in [2.75, 3.05) is 0 Å². The summed E-state index contributed by atoms with van der Waals surface area (Å²) in [5.74, 6) is 0.887. The number of carbonyl (C=O) groups is 1. The second-order valence-corrected chi connectivity index (χ2v) is 9.02. The maximum Gasteiger partial charge on any atom is 0.293 e. The molecule has 4 heteroatoms. The van der Waals surface area contributed by atoms with E-state index in [2.05, 4.69) is 19.6 Å². The SMILES string of the molecule is C/C=C(\C=C\C[C@H](C)OC=O)O[Si](C)(C)C. The molecule has 0 N–H and O–H groups in total. The molecule has 0 unspecified atom stereocenters. The zero-order valence-corrected chi connectivity index (χ0v) is 11.8. The first kappa shape index (κ1) is 15.0. The lowest BCUT2D eigenvalue weighted by Gasteiger charge is -2.19. The van der Waals surface area contributed by atoms with E-state index in [-0.39, 0.29) is 6.10 Å². The summed E-state index contributed by atoms with van der Waals surface area (Å²) in [5, 5.41) is 0. The van der Waals surface area contributed by atoms with Crippen molar-refractivity contribution in [1.29, 1.82) is 0 Å². The van der Waals surface area contributed by atoms with Crippen LogP contribution >= 0.6 is 0 Å². The molecule has 0 heterocycles. The molecule has 0 fully saturated rings. The standard InChI is InChI=1S/C12H22O3Si/c1-6-12(15-16(3,4)5)9-7-8-11(2)14-10-13/h6-7,9-11H,8H2,1-5H3/b9-7+,12-6+/t11-/m0/s1. The van der Waals surface area contributed by atoms with Crippen LogP contribution in [0.4, 0.5) is 0 Å². The van der Waals surface area contributed by atoms with Gasteiger partial charge in [0.2, 0.25) is 8.32 Å². The van der Waals surface area contributed by atoms with Crippen LogP contribution in [-0.2, 0) is 14.0 Å². The molecule has 0 saturated heterocycles. The summed E-state index contributed by atoms with van der Waals surface area (Å²) in [5.41, 5.74) is 0. The third-order valence-corrected chi connectivity index (χ3v) is 2.59. The van der Waals surface area contributed by atoms with Crippen LogP contribution in [0.1, 0.15) is 20.3 Å². The molecule has 92 valence electrons. The Morgan fingerprint density at radius 2 is 2.00 bits per heavy atom. The Morgan fingerprint density at radius 3 is 2.44 bits per heavy atom. The van der Waals surface area contributed by atoms with Gasteiger partial charge in [0.25, 0.3) is 6.47 Å². The van der Waals surface area contributed by atoms with Crippen molar-refractivity contribution in [3.63, 3.8) is 0 Å². The van der Waals surface area contributed by atoms with Gasteiger partial charge in [-0.05, 0) is 45.6 Å². The Labute approximate surface area is 99.3 Å². The Hall–Kier alpha value is -1.03. The minimum absolute atomic E-state index is 0.0845. The summed E-state index contributed by atoms with van der Waals surface area (Å²) in [4.78, 5) is 10.1. The van der Waals surface area contributed by atoms with Gasteiger partial charge in [0.15, 0.2) is 0 Å². The molecule has 0 amide bonds. The second-order valence-electron chi connectivity index (χ2n) is 4.59. The molecule has 0 aromatic rings. The maximum absolute atomic E-state index is 10.1. The Morgan fingerprint density at radius 1 is 1.38 bits per heavy atom. The first-order valence-electron chi connectivity index (χ1n) is 5.50. The smallest absolute Gasteiger partial charge is 0.293 e. The van der Waals surface area contributed by atoms with E-state index in [1.165, 1.54) is 0 Å². The van der Waals surface area contributed by atoms with Crippen molar-refractivity contribution in [3.05, 3.63) is 24.0 Å². The summed E-state index contributed by atoms with van der Waals surface area (Å²) in [7, 11) is -1.54. The lowest BCUT2D eigenvalue weighted by atomic mass is 10.2. The van der Waals surface area contributed by atoms with Crippen LogP contribution < -0.4 is 0 Å². The molecule has 3 nitrogen and oxygen atoms in total. The zero-order chi connectivity index (χ0) is 12.6. The molecule has 0 spiro atoms. The number of hydrogen-bond donors (Lipinski definition) is 0. The molecule has 0 rings (SSSR count). The molecule has 1 atom stereocenters. The summed E-state index contributed by atoms with van der Waals surface area (Å²) in [6.07, 6.45) is 6.45. The largest absolute Gasteiger partial charge is 0.545 e. The van der Waals surface area contributed by atoms with Gasteiger partial charge >= 0.3 is 0 Å². The molecule has 0 saturated carbocycles. The van der Waals surface area contributed by atoms with Crippen molar-refractivity contribution >= 4 is 14.8 Å². The Kier molecular flexibility index (Phi) is 6.81. The topological polar surface area (TPSA) is 35.5 Å². The van der Waals surface area contributed by atoms with Gasteiger partial charge in [-0.1, -0.05) is 6.08 Å². The van der Waals surface area contributed by atoms with Gasteiger partial charge in [0, 0.05) is 6.42 Å². The van der Waals surface area contributed by atoms with E-state index in [1.807, 2.05) is 32.1 Å². The van der Waals surface area contributed by atoms with Crippen molar-refractivity contribution in [2.45, 2.75) is 46.0 Å². The first-order valence-corrected chi connectivity index (χ1v) is 8.91. The van der Waals surface area contributed by atoms with Gasteiger partial charge < -0.3 is 9.16 Å². The minimum atomic E-state index is -1.54. The van der Waals surface area contributed by atoms with Gasteiger partial charge in [-0.15, -0.1) is 0 Å². The summed E-state index contributed by atoms with van der Waals surface area (Å²) >= 11 is 0. The second kappa shape index (κ2) is 7.27. The van der Waals surface area contributed by atoms with Crippen LogP contribution in [0.15, 0.2) is 24.0 Å². The normalized spacial score (nSPS) is 14.9. The van der Waals surface area contributed by atoms with Crippen LogP contribution in [0.2, 0.25) is 19.6 Å². The summed E-state index contributed by atoms with van der Waals surface area (Å²) in [6.45, 7) is 10.7. The number of ether oxygens (including phenoxy) is 1. The van der Waals surface area contributed by atoms with Crippen LogP contribution in [0.5, 0.6) is 0 Å². The van der Waals surface area contributed by atoms with Crippen molar-refractivity contribution < 1.29 is 14.0 Å². The quantitative estimate of drug-likeness (QED) is 0.297. The van der Waals surface area contributed by atoms with Crippen LogP contribution in [-0.4, -0.2) is 20.9 Å². The van der Waals surface area contributed by atoms with E-state index in [0.717, 1.165) is 5.76 Å². The van der Waals surface area contributed by atoms with E-state index in [4.69, 9.17) is 9.16 Å². The molecular weight excluding hydrogens is 220 g/mol. The fraction of sp³-hybridized carbons (Fsp3) is 0.583. The van der Waals surface area contributed by atoms with Crippen molar-refractivity contribution in [3.8, 4) is 0 Å². The van der Waals surface area contributed by atoms with Crippen molar-refractivity contribution in [2.24, 2.45) is 0 Å². The van der Waals surface area contributed by atoms with Crippen LogP contribution in [0.3, 0.4) is 0 Å².